The highest BCUT2D eigenvalue weighted by Gasteiger charge is 2.14. The molecule has 0 aliphatic rings. The third-order valence-electron chi connectivity index (χ3n) is 2.68. The Bertz CT molecular complexity index is 506. The average Bonchev–Trinajstić information content (AvgIpc) is 2.21. The van der Waals surface area contributed by atoms with Gasteiger partial charge in [0.25, 0.3) is 0 Å². The van der Waals surface area contributed by atoms with Crippen LogP contribution in [-0.4, -0.2) is 0 Å². The molecule has 0 saturated heterocycles. The maximum atomic E-state index is 13.6. The van der Waals surface area contributed by atoms with Crippen LogP contribution in [0.1, 0.15) is 26.3 Å². The Labute approximate surface area is 96.1 Å². The van der Waals surface area contributed by atoms with Crippen LogP contribution in [0.25, 0.3) is 10.8 Å². The molecule has 0 aliphatic heterocycles. The molecule has 16 heavy (non-hydrogen) atoms. The van der Waals surface area contributed by atoms with Gasteiger partial charge in [-0.2, -0.15) is 0 Å². The Hall–Kier alpha value is -1.37. The van der Waals surface area contributed by atoms with E-state index in [4.69, 9.17) is 0 Å². The van der Waals surface area contributed by atoms with E-state index in [0.29, 0.717) is 0 Å². The molecule has 0 nitrogen and oxygen atoms in total. The van der Waals surface area contributed by atoms with Crippen molar-refractivity contribution in [2.75, 3.05) is 0 Å². The SMILES string of the molecule is CC(C)(C)Cc1ccc(F)c2ccccc12. The smallest absolute Gasteiger partial charge is 0.131 e. The van der Waals surface area contributed by atoms with Crippen molar-refractivity contribution in [3.63, 3.8) is 0 Å². The molecule has 0 bridgehead atoms. The van der Waals surface area contributed by atoms with Gasteiger partial charge in [-0.05, 0) is 28.9 Å². The highest BCUT2D eigenvalue weighted by Crippen LogP contribution is 2.27. The summed E-state index contributed by atoms with van der Waals surface area (Å²) in [5.41, 5.74) is 1.45. The molecule has 0 aliphatic carbocycles. The zero-order valence-electron chi connectivity index (χ0n) is 10.0. The van der Waals surface area contributed by atoms with Crippen LogP contribution in [0.15, 0.2) is 36.4 Å². The highest BCUT2D eigenvalue weighted by atomic mass is 19.1. The summed E-state index contributed by atoms with van der Waals surface area (Å²) in [6.45, 7) is 6.60. The van der Waals surface area contributed by atoms with Gasteiger partial charge in [0.1, 0.15) is 5.82 Å². The minimum absolute atomic E-state index is 0.131. The molecule has 2 aromatic rings. The number of rotatable bonds is 1. The first-order chi connectivity index (χ1) is 7.47. The van der Waals surface area contributed by atoms with Gasteiger partial charge in [0.2, 0.25) is 0 Å². The summed E-state index contributed by atoms with van der Waals surface area (Å²) >= 11 is 0. The number of halogens is 1. The molecule has 0 saturated carbocycles. The van der Waals surface area contributed by atoms with Gasteiger partial charge in [-0.25, -0.2) is 4.39 Å². The molecule has 0 unspecified atom stereocenters. The fourth-order valence-electron chi connectivity index (χ4n) is 2.05. The summed E-state index contributed by atoms with van der Waals surface area (Å²) in [5.74, 6) is -0.131. The van der Waals surface area contributed by atoms with Crippen LogP contribution in [0, 0.1) is 11.2 Å². The summed E-state index contributed by atoms with van der Waals surface area (Å²) in [7, 11) is 0. The molecule has 0 amide bonds. The van der Waals surface area contributed by atoms with Crippen molar-refractivity contribution in [3.8, 4) is 0 Å². The number of benzene rings is 2. The van der Waals surface area contributed by atoms with Gasteiger partial charge in [0.05, 0.1) is 0 Å². The molecule has 0 atom stereocenters. The van der Waals surface area contributed by atoms with E-state index in [0.717, 1.165) is 17.2 Å². The molecular formula is C15H17F. The first-order valence-electron chi connectivity index (χ1n) is 5.63. The predicted molar refractivity (Wildman–Crippen MR) is 67.1 cm³/mol. The van der Waals surface area contributed by atoms with Crippen LogP contribution >= 0.6 is 0 Å². The molecule has 0 fully saturated rings. The average molecular weight is 216 g/mol. The Balaban J connectivity index is 2.59. The quantitative estimate of drug-likeness (QED) is 0.655. The van der Waals surface area contributed by atoms with E-state index in [1.807, 2.05) is 30.3 Å². The second-order valence-electron chi connectivity index (χ2n) is 5.49. The van der Waals surface area contributed by atoms with E-state index in [9.17, 15) is 4.39 Å². The maximum Gasteiger partial charge on any atom is 0.131 e. The molecule has 0 radical (unpaired) electrons. The molecule has 1 heteroatoms. The van der Waals surface area contributed by atoms with Gasteiger partial charge in [0.15, 0.2) is 0 Å². The van der Waals surface area contributed by atoms with Gasteiger partial charge in [-0.3, -0.25) is 0 Å². The van der Waals surface area contributed by atoms with Crippen LogP contribution in [0.5, 0.6) is 0 Å². The van der Waals surface area contributed by atoms with E-state index in [1.54, 1.807) is 6.07 Å². The lowest BCUT2D eigenvalue weighted by Gasteiger charge is -2.19. The second-order valence-corrected chi connectivity index (χ2v) is 5.49. The van der Waals surface area contributed by atoms with Gasteiger partial charge >= 0.3 is 0 Å². The monoisotopic (exact) mass is 216 g/mol. The fraction of sp³-hybridized carbons (Fsp3) is 0.333. The van der Waals surface area contributed by atoms with Gasteiger partial charge in [0, 0.05) is 5.39 Å². The summed E-state index contributed by atoms with van der Waals surface area (Å²) in [6.07, 6.45) is 0.966. The van der Waals surface area contributed by atoms with Crippen LogP contribution in [0.2, 0.25) is 0 Å². The number of fused-ring (bicyclic) bond motifs is 1. The van der Waals surface area contributed by atoms with E-state index >= 15 is 0 Å². The van der Waals surface area contributed by atoms with E-state index < -0.39 is 0 Å². The van der Waals surface area contributed by atoms with Crippen LogP contribution < -0.4 is 0 Å². The molecule has 0 spiro atoms. The van der Waals surface area contributed by atoms with Gasteiger partial charge in [-0.1, -0.05) is 51.1 Å². The standard InChI is InChI=1S/C15H17F/c1-15(2,3)10-11-8-9-14(16)13-7-5-4-6-12(11)13/h4-9H,10H2,1-3H3. The fourth-order valence-corrected chi connectivity index (χ4v) is 2.05. The van der Waals surface area contributed by atoms with Crippen molar-refractivity contribution >= 4 is 10.8 Å². The second kappa shape index (κ2) is 3.89. The van der Waals surface area contributed by atoms with Crippen molar-refractivity contribution < 1.29 is 4.39 Å². The highest BCUT2D eigenvalue weighted by molar-refractivity contribution is 5.86. The van der Waals surface area contributed by atoms with Crippen molar-refractivity contribution in [2.45, 2.75) is 27.2 Å². The predicted octanol–water partition coefficient (Wildman–Crippen LogP) is 4.57. The maximum absolute atomic E-state index is 13.6. The zero-order chi connectivity index (χ0) is 11.8. The normalized spacial score (nSPS) is 12.0. The first kappa shape index (κ1) is 11.1. The van der Waals surface area contributed by atoms with Gasteiger partial charge < -0.3 is 0 Å². The van der Waals surface area contributed by atoms with E-state index in [1.165, 1.54) is 5.56 Å². The lowest BCUT2D eigenvalue weighted by molar-refractivity contribution is 0.412. The third kappa shape index (κ3) is 2.24. The van der Waals surface area contributed by atoms with Crippen molar-refractivity contribution in [2.24, 2.45) is 5.41 Å². The van der Waals surface area contributed by atoms with E-state index in [2.05, 4.69) is 20.8 Å². The minimum Gasteiger partial charge on any atom is -0.206 e. The third-order valence-corrected chi connectivity index (χ3v) is 2.68. The Kier molecular flexibility index (Phi) is 2.71. The summed E-state index contributed by atoms with van der Waals surface area (Å²) in [6, 6.07) is 11.2. The molecule has 0 aromatic heterocycles. The van der Waals surface area contributed by atoms with Crippen LogP contribution in [0.4, 0.5) is 4.39 Å². The van der Waals surface area contributed by atoms with Crippen molar-refractivity contribution in [1.82, 2.24) is 0 Å². The Morgan fingerprint density at radius 3 is 2.19 bits per heavy atom. The largest absolute Gasteiger partial charge is 0.206 e. The van der Waals surface area contributed by atoms with Gasteiger partial charge in [-0.15, -0.1) is 0 Å². The van der Waals surface area contributed by atoms with Crippen molar-refractivity contribution in [3.05, 3.63) is 47.8 Å². The van der Waals surface area contributed by atoms with E-state index in [-0.39, 0.29) is 11.2 Å². The topological polar surface area (TPSA) is 0 Å². The summed E-state index contributed by atoms with van der Waals surface area (Å²) in [4.78, 5) is 0. The molecule has 84 valence electrons. The molecule has 0 N–H and O–H groups in total. The zero-order valence-corrected chi connectivity index (χ0v) is 10.0. The summed E-state index contributed by atoms with van der Waals surface area (Å²) < 4.78 is 13.6. The first-order valence-corrected chi connectivity index (χ1v) is 5.63. The van der Waals surface area contributed by atoms with Crippen molar-refractivity contribution in [1.29, 1.82) is 0 Å². The number of hydrogen-bond donors (Lipinski definition) is 0. The molecule has 2 aromatic carbocycles. The molecule has 0 heterocycles. The molecule has 2 rings (SSSR count). The number of hydrogen-bond acceptors (Lipinski definition) is 0. The Morgan fingerprint density at radius 1 is 0.938 bits per heavy atom. The van der Waals surface area contributed by atoms with Crippen LogP contribution in [0.3, 0.4) is 0 Å². The lowest BCUT2D eigenvalue weighted by atomic mass is 9.86. The lowest BCUT2D eigenvalue weighted by Crippen LogP contribution is -2.09. The summed E-state index contributed by atoms with van der Waals surface area (Å²) in [5, 5.41) is 1.77. The Morgan fingerprint density at radius 2 is 1.56 bits per heavy atom. The molecular weight excluding hydrogens is 199 g/mol. The van der Waals surface area contributed by atoms with Crippen LogP contribution in [-0.2, 0) is 6.42 Å². The minimum atomic E-state index is -0.131.